The third-order valence-corrected chi connectivity index (χ3v) is 8.27. The van der Waals surface area contributed by atoms with Crippen LogP contribution in [0.25, 0.3) is 0 Å². The molecule has 1 aromatic carbocycles. The fraction of sp³-hybridized carbons (Fsp3) is 0.455. The molecule has 0 aliphatic rings. The van der Waals surface area contributed by atoms with Crippen LogP contribution in [0.4, 0.5) is 0 Å². The standard InChI is InChI=1S/C11H16Br2Si/c1-2-3-9-14(12,13)10-11-7-5-4-6-8-11/h4-8H,2-3,9-10H2,1H3. The van der Waals surface area contributed by atoms with Gasteiger partial charge in [0.15, 0.2) is 0 Å². The maximum atomic E-state index is 3.88. The van der Waals surface area contributed by atoms with Gasteiger partial charge in [-0.3, -0.25) is 0 Å². The molecule has 0 radical (unpaired) electrons. The van der Waals surface area contributed by atoms with Crippen molar-refractivity contribution < 1.29 is 0 Å². The SMILES string of the molecule is CCCC[Si](Br)(Br)Cc1ccccc1. The summed E-state index contributed by atoms with van der Waals surface area (Å²) in [6, 6.07) is 13.2. The molecule has 0 unspecified atom stereocenters. The van der Waals surface area contributed by atoms with Gasteiger partial charge in [0.25, 0.3) is 0 Å². The smallest absolute Gasteiger partial charge is 0.111 e. The van der Waals surface area contributed by atoms with E-state index in [1.807, 2.05) is 0 Å². The van der Waals surface area contributed by atoms with E-state index in [2.05, 4.69) is 67.8 Å². The molecule has 0 saturated heterocycles. The summed E-state index contributed by atoms with van der Waals surface area (Å²) in [7, 11) is 0. The van der Waals surface area contributed by atoms with Gasteiger partial charge in [-0.1, -0.05) is 50.1 Å². The summed E-state index contributed by atoms with van der Waals surface area (Å²) in [5, 5.41) is -1.34. The van der Waals surface area contributed by atoms with Crippen molar-refractivity contribution in [1.82, 2.24) is 0 Å². The van der Waals surface area contributed by atoms with Crippen LogP contribution in [0.1, 0.15) is 25.3 Å². The second-order valence-corrected chi connectivity index (χ2v) is 18.5. The Morgan fingerprint density at radius 2 is 1.79 bits per heavy atom. The van der Waals surface area contributed by atoms with Gasteiger partial charge in [-0.2, -0.15) is 0 Å². The van der Waals surface area contributed by atoms with Gasteiger partial charge >= 0.3 is 0 Å². The van der Waals surface area contributed by atoms with E-state index in [0.29, 0.717) is 0 Å². The van der Waals surface area contributed by atoms with Gasteiger partial charge in [0.2, 0.25) is 5.31 Å². The summed E-state index contributed by atoms with van der Waals surface area (Å²) in [5.74, 6) is 0. The molecule has 1 rings (SSSR count). The van der Waals surface area contributed by atoms with E-state index in [-0.39, 0.29) is 0 Å². The molecule has 0 bridgehead atoms. The van der Waals surface area contributed by atoms with Gasteiger partial charge in [0.05, 0.1) is 0 Å². The van der Waals surface area contributed by atoms with Crippen LogP contribution >= 0.6 is 30.6 Å². The van der Waals surface area contributed by atoms with Crippen LogP contribution in [-0.2, 0) is 6.04 Å². The lowest BCUT2D eigenvalue weighted by Gasteiger charge is -2.17. The maximum absolute atomic E-state index is 3.88. The zero-order chi connectivity index (χ0) is 10.4. The highest BCUT2D eigenvalue weighted by atomic mass is 79.9. The van der Waals surface area contributed by atoms with E-state index in [0.717, 1.165) is 0 Å². The summed E-state index contributed by atoms with van der Waals surface area (Å²) in [5.41, 5.74) is 1.43. The van der Waals surface area contributed by atoms with Crippen LogP contribution in [0.15, 0.2) is 30.3 Å². The molecule has 3 heteroatoms. The largest absolute Gasteiger partial charge is 0.205 e. The molecule has 1 aromatic rings. The predicted octanol–water partition coefficient (Wildman–Crippen LogP) is 4.80. The molecule has 0 aliphatic carbocycles. The van der Waals surface area contributed by atoms with Gasteiger partial charge in [0.1, 0.15) is 0 Å². The molecule has 0 fully saturated rings. The fourth-order valence-electron chi connectivity index (χ4n) is 1.42. The van der Waals surface area contributed by atoms with E-state index < -0.39 is 5.31 Å². The molecule has 0 nitrogen and oxygen atoms in total. The molecular formula is C11H16Br2Si. The van der Waals surface area contributed by atoms with Crippen molar-refractivity contribution in [2.75, 3.05) is 0 Å². The molecule has 78 valence electrons. The second kappa shape index (κ2) is 6.08. The Hall–Kier alpha value is 0.397. The number of hydrogen-bond acceptors (Lipinski definition) is 0. The molecule has 0 heterocycles. The van der Waals surface area contributed by atoms with Gasteiger partial charge in [-0.25, -0.2) is 0 Å². The Bertz CT molecular complexity index is 259. The Morgan fingerprint density at radius 3 is 2.36 bits per heavy atom. The summed E-state index contributed by atoms with van der Waals surface area (Å²) in [6.07, 6.45) is 2.59. The fourth-order valence-corrected chi connectivity index (χ4v) is 6.92. The Balaban J connectivity index is 2.50. The monoisotopic (exact) mass is 334 g/mol. The third kappa shape index (κ3) is 4.76. The van der Waals surface area contributed by atoms with Gasteiger partial charge in [0, 0.05) is 0 Å². The summed E-state index contributed by atoms with van der Waals surface area (Å²) in [4.78, 5) is 0. The normalized spacial score (nSPS) is 11.6. The molecule has 0 amide bonds. The minimum absolute atomic E-state index is 1.17. The van der Waals surface area contributed by atoms with Gasteiger partial charge in [-0.05, 0) is 17.7 Å². The first-order chi connectivity index (χ1) is 6.64. The van der Waals surface area contributed by atoms with Gasteiger partial charge < -0.3 is 0 Å². The second-order valence-electron chi connectivity index (χ2n) is 3.62. The minimum Gasteiger partial charge on any atom is -0.111 e. The van der Waals surface area contributed by atoms with Crippen molar-refractivity contribution in [2.24, 2.45) is 0 Å². The van der Waals surface area contributed by atoms with E-state index in [1.54, 1.807) is 0 Å². The van der Waals surface area contributed by atoms with Crippen molar-refractivity contribution in [1.29, 1.82) is 0 Å². The highest BCUT2D eigenvalue weighted by Gasteiger charge is 2.25. The number of benzene rings is 1. The summed E-state index contributed by atoms with van der Waals surface area (Å²) in [6.45, 7) is 2.24. The van der Waals surface area contributed by atoms with Crippen LogP contribution in [0, 0.1) is 0 Å². The van der Waals surface area contributed by atoms with E-state index in [9.17, 15) is 0 Å². The lowest BCUT2D eigenvalue weighted by atomic mass is 10.2. The minimum atomic E-state index is -1.34. The molecule has 0 spiro atoms. The maximum Gasteiger partial charge on any atom is 0.205 e. The van der Waals surface area contributed by atoms with Crippen molar-refractivity contribution in [3.8, 4) is 0 Å². The lowest BCUT2D eigenvalue weighted by molar-refractivity contribution is 0.874. The molecule has 0 saturated carbocycles. The molecule has 0 aromatic heterocycles. The molecular weight excluding hydrogens is 320 g/mol. The summed E-state index contributed by atoms with van der Waals surface area (Å²) < 4.78 is 0. The van der Waals surface area contributed by atoms with Crippen LogP contribution < -0.4 is 0 Å². The van der Waals surface area contributed by atoms with E-state index >= 15 is 0 Å². The number of rotatable bonds is 5. The van der Waals surface area contributed by atoms with Gasteiger partial charge in [-0.15, -0.1) is 30.6 Å². The Morgan fingerprint density at radius 1 is 1.14 bits per heavy atom. The summed E-state index contributed by atoms with van der Waals surface area (Å²) >= 11 is 7.75. The highest BCUT2D eigenvalue weighted by molar-refractivity contribution is 9.51. The number of hydrogen-bond donors (Lipinski definition) is 0. The van der Waals surface area contributed by atoms with Crippen LogP contribution in [0.5, 0.6) is 0 Å². The van der Waals surface area contributed by atoms with Crippen molar-refractivity contribution >= 4 is 35.9 Å². The topological polar surface area (TPSA) is 0 Å². The first-order valence-corrected chi connectivity index (χ1v) is 12.0. The van der Waals surface area contributed by atoms with Crippen molar-refractivity contribution in [3.05, 3.63) is 35.9 Å². The lowest BCUT2D eigenvalue weighted by Crippen LogP contribution is -2.21. The highest BCUT2D eigenvalue weighted by Crippen LogP contribution is 2.31. The van der Waals surface area contributed by atoms with Crippen molar-refractivity contribution in [2.45, 2.75) is 31.9 Å². The average Bonchev–Trinajstić information content (AvgIpc) is 2.16. The quantitative estimate of drug-likeness (QED) is 0.535. The Kier molecular flexibility index (Phi) is 5.42. The van der Waals surface area contributed by atoms with Crippen LogP contribution in [0.3, 0.4) is 0 Å². The molecule has 0 atom stereocenters. The van der Waals surface area contributed by atoms with Crippen molar-refractivity contribution in [3.63, 3.8) is 0 Å². The third-order valence-electron chi connectivity index (χ3n) is 2.20. The number of halogens is 2. The zero-order valence-corrected chi connectivity index (χ0v) is 12.6. The van der Waals surface area contributed by atoms with Crippen LogP contribution in [-0.4, -0.2) is 5.31 Å². The first-order valence-electron chi connectivity index (χ1n) is 5.06. The average molecular weight is 336 g/mol. The first kappa shape index (κ1) is 12.5. The van der Waals surface area contributed by atoms with E-state index in [4.69, 9.17) is 0 Å². The zero-order valence-electron chi connectivity index (χ0n) is 8.47. The molecule has 14 heavy (non-hydrogen) atoms. The van der Waals surface area contributed by atoms with Crippen LogP contribution in [0.2, 0.25) is 6.04 Å². The Labute approximate surface area is 103 Å². The number of unbranched alkanes of at least 4 members (excludes halogenated alkanes) is 1. The predicted molar refractivity (Wildman–Crippen MR) is 73.5 cm³/mol. The molecule has 0 aliphatic heterocycles. The van der Waals surface area contributed by atoms with E-state index in [1.165, 1.54) is 30.5 Å². The molecule has 0 N–H and O–H groups in total.